The molecule has 2 unspecified atom stereocenters. The summed E-state index contributed by atoms with van der Waals surface area (Å²) in [5.74, 6) is 0. The van der Waals surface area contributed by atoms with Crippen LogP contribution in [-0.2, 0) is 13.0 Å². The third kappa shape index (κ3) is 2.70. The van der Waals surface area contributed by atoms with Crippen LogP contribution in [0.15, 0.2) is 18.2 Å². The maximum atomic E-state index is 6.17. The number of rotatable bonds is 3. The van der Waals surface area contributed by atoms with E-state index in [9.17, 15) is 0 Å². The van der Waals surface area contributed by atoms with Crippen LogP contribution >= 0.6 is 0 Å². The van der Waals surface area contributed by atoms with Crippen molar-refractivity contribution in [3.63, 3.8) is 0 Å². The van der Waals surface area contributed by atoms with Crippen molar-refractivity contribution in [3.8, 4) is 0 Å². The van der Waals surface area contributed by atoms with Crippen molar-refractivity contribution in [1.82, 2.24) is 4.90 Å². The van der Waals surface area contributed by atoms with E-state index in [1.165, 1.54) is 49.0 Å². The molecule has 0 radical (unpaired) electrons. The Morgan fingerprint density at radius 1 is 1.30 bits per heavy atom. The topological polar surface area (TPSA) is 32.5 Å². The van der Waals surface area contributed by atoms with Gasteiger partial charge in [0.1, 0.15) is 0 Å². The summed E-state index contributed by atoms with van der Waals surface area (Å²) in [5.41, 5.74) is 10.5. The van der Waals surface area contributed by atoms with Gasteiger partial charge in [-0.3, -0.25) is 4.90 Å². The minimum Gasteiger partial charge on any atom is -0.374 e. The molecule has 0 bridgehead atoms. The van der Waals surface area contributed by atoms with Crippen LogP contribution in [0.2, 0.25) is 0 Å². The van der Waals surface area contributed by atoms with Gasteiger partial charge in [0.25, 0.3) is 0 Å². The molecule has 0 aliphatic carbocycles. The van der Waals surface area contributed by atoms with Crippen molar-refractivity contribution < 1.29 is 0 Å². The van der Waals surface area contributed by atoms with Gasteiger partial charge in [-0.05, 0) is 49.9 Å². The first-order valence-corrected chi connectivity index (χ1v) is 7.98. The number of likely N-dealkylation sites (N-methyl/N-ethyl adjacent to an activating group) is 1. The molecule has 1 saturated heterocycles. The van der Waals surface area contributed by atoms with E-state index in [1.807, 2.05) is 0 Å². The molecular weight excluding hydrogens is 246 g/mol. The van der Waals surface area contributed by atoms with Gasteiger partial charge >= 0.3 is 0 Å². The van der Waals surface area contributed by atoms with E-state index in [0.717, 1.165) is 13.1 Å². The number of benzene rings is 1. The van der Waals surface area contributed by atoms with E-state index >= 15 is 0 Å². The molecule has 2 N–H and O–H groups in total. The van der Waals surface area contributed by atoms with Crippen molar-refractivity contribution >= 4 is 5.69 Å². The van der Waals surface area contributed by atoms with Gasteiger partial charge in [-0.25, -0.2) is 0 Å². The number of piperidine rings is 1. The number of hydrogen-bond donors (Lipinski definition) is 1. The predicted octanol–water partition coefficient (Wildman–Crippen LogP) is 2.38. The largest absolute Gasteiger partial charge is 0.374 e. The van der Waals surface area contributed by atoms with Crippen LogP contribution in [0.3, 0.4) is 0 Å². The standard InChI is InChI=1S/C17H27N3/c1-13(18)16-5-3-4-9-20(16)12-14-6-7-17-15(11-14)8-10-19(17)2/h6-7,11,13,16H,3-5,8-10,12,18H2,1-2H3. The lowest BCUT2D eigenvalue weighted by molar-refractivity contribution is 0.123. The summed E-state index contributed by atoms with van der Waals surface area (Å²) in [4.78, 5) is 4.94. The Morgan fingerprint density at radius 2 is 2.15 bits per heavy atom. The van der Waals surface area contributed by atoms with Crippen LogP contribution < -0.4 is 10.6 Å². The molecule has 0 spiro atoms. The molecule has 20 heavy (non-hydrogen) atoms. The molecule has 2 atom stereocenters. The second-order valence-electron chi connectivity index (χ2n) is 6.53. The molecule has 1 fully saturated rings. The van der Waals surface area contributed by atoms with E-state index in [1.54, 1.807) is 0 Å². The molecule has 2 heterocycles. The molecule has 1 aromatic rings. The van der Waals surface area contributed by atoms with Crippen LogP contribution in [-0.4, -0.2) is 37.1 Å². The first-order valence-electron chi connectivity index (χ1n) is 7.98. The molecular formula is C17H27N3. The predicted molar refractivity (Wildman–Crippen MR) is 85.1 cm³/mol. The maximum absolute atomic E-state index is 6.17. The Balaban J connectivity index is 1.74. The minimum absolute atomic E-state index is 0.274. The molecule has 2 aliphatic rings. The second-order valence-corrected chi connectivity index (χ2v) is 6.53. The number of nitrogens with zero attached hydrogens (tertiary/aromatic N) is 2. The van der Waals surface area contributed by atoms with E-state index in [4.69, 9.17) is 5.73 Å². The summed E-state index contributed by atoms with van der Waals surface area (Å²) in [6.45, 7) is 5.57. The Hall–Kier alpha value is -1.06. The number of likely N-dealkylation sites (tertiary alicyclic amines) is 1. The molecule has 2 aliphatic heterocycles. The monoisotopic (exact) mass is 273 g/mol. The molecule has 110 valence electrons. The molecule has 3 rings (SSSR count). The van der Waals surface area contributed by atoms with Gasteiger partial charge in [0.05, 0.1) is 0 Å². The highest BCUT2D eigenvalue weighted by Gasteiger charge is 2.25. The molecule has 1 aromatic carbocycles. The smallest absolute Gasteiger partial charge is 0.0397 e. The third-order valence-corrected chi connectivity index (χ3v) is 4.93. The fraction of sp³-hybridized carbons (Fsp3) is 0.647. The molecule has 0 aromatic heterocycles. The molecule has 3 nitrogen and oxygen atoms in total. The lowest BCUT2D eigenvalue weighted by Gasteiger charge is -2.38. The van der Waals surface area contributed by atoms with Crippen molar-refractivity contribution in [2.24, 2.45) is 5.73 Å². The Morgan fingerprint density at radius 3 is 2.95 bits per heavy atom. The number of fused-ring (bicyclic) bond motifs is 1. The van der Waals surface area contributed by atoms with E-state index < -0.39 is 0 Å². The average Bonchev–Trinajstić information content (AvgIpc) is 2.80. The summed E-state index contributed by atoms with van der Waals surface area (Å²) in [5, 5.41) is 0. The minimum atomic E-state index is 0.274. The van der Waals surface area contributed by atoms with Crippen molar-refractivity contribution in [1.29, 1.82) is 0 Å². The van der Waals surface area contributed by atoms with Crippen molar-refractivity contribution in [2.75, 3.05) is 25.0 Å². The third-order valence-electron chi connectivity index (χ3n) is 4.93. The van der Waals surface area contributed by atoms with Gasteiger partial charge in [0.2, 0.25) is 0 Å². The van der Waals surface area contributed by atoms with Gasteiger partial charge in [-0.2, -0.15) is 0 Å². The molecule has 3 heteroatoms. The zero-order valence-corrected chi connectivity index (χ0v) is 12.8. The zero-order chi connectivity index (χ0) is 14.1. The van der Waals surface area contributed by atoms with Crippen molar-refractivity contribution in [2.45, 2.75) is 51.2 Å². The normalized spacial score (nSPS) is 24.8. The quantitative estimate of drug-likeness (QED) is 0.918. The summed E-state index contributed by atoms with van der Waals surface area (Å²) >= 11 is 0. The lowest BCUT2D eigenvalue weighted by Crippen LogP contribution is -2.48. The number of nitrogens with two attached hydrogens (primary N) is 1. The first kappa shape index (κ1) is 13.9. The SMILES string of the molecule is CC(N)C1CCCCN1Cc1ccc2c(c1)CCN2C. The van der Waals surface area contributed by atoms with E-state index in [0.29, 0.717) is 6.04 Å². The Labute approximate surface area is 122 Å². The molecule has 0 amide bonds. The number of anilines is 1. The second kappa shape index (κ2) is 5.74. The zero-order valence-electron chi connectivity index (χ0n) is 12.8. The average molecular weight is 273 g/mol. The Kier molecular flexibility index (Phi) is 3.99. The summed E-state index contributed by atoms with van der Waals surface area (Å²) in [6, 6.07) is 7.83. The molecule has 0 saturated carbocycles. The fourth-order valence-corrected chi connectivity index (χ4v) is 3.76. The summed E-state index contributed by atoms with van der Waals surface area (Å²) in [7, 11) is 2.18. The highest BCUT2D eigenvalue weighted by Crippen LogP contribution is 2.29. The van der Waals surface area contributed by atoms with Crippen LogP contribution in [0.25, 0.3) is 0 Å². The highest BCUT2D eigenvalue weighted by atomic mass is 15.2. The summed E-state index contributed by atoms with van der Waals surface area (Å²) in [6.07, 6.45) is 5.09. The van der Waals surface area contributed by atoms with Gasteiger partial charge < -0.3 is 10.6 Å². The van der Waals surface area contributed by atoms with Gasteiger partial charge in [0.15, 0.2) is 0 Å². The first-order chi connectivity index (χ1) is 9.65. The highest BCUT2D eigenvalue weighted by molar-refractivity contribution is 5.58. The van der Waals surface area contributed by atoms with E-state index in [2.05, 4.69) is 42.0 Å². The Bertz CT molecular complexity index is 469. The van der Waals surface area contributed by atoms with Crippen LogP contribution in [0.1, 0.15) is 37.3 Å². The van der Waals surface area contributed by atoms with Gasteiger partial charge in [0, 0.05) is 37.9 Å². The fourth-order valence-electron chi connectivity index (χ4n) is 3.76. The van der Waals surface area contributed by atoms with E-state index in [-0.39, 0.29) is 6.04 Å². The van der Waals surface area contributed by atoms with Crippen LogP contribution in [0.5, 0.6) is 0 Å². The number of hydrogen-bond acceptors (Lipinski definition) is 3. The van der Waals surface area contributed by atoms with Gasteiger partial charge in [-0.1, -0.05) is 18.6 Å². The van der Waals surface area contributed by atoms with Crippen LogP contribution in [0, 0.1) is 0 Å². The maximum Gasteiger partial charge on any atom is 0.0397 e. The van der Waals surface area contributed by atoms with Crippen molar-refractivity contribution in [3.05, 3.63) is 29.3 Å². The lowest BCUT2D eigenvalue weighted by atomic mass is 9.96. The van der Waals surface area contributed by atoms with Gasteiger partial charge in [-0.15, -0.1) is 0 Å². The summed E-state index contributed by atoms with van der Waals surface area (Å²) < 4.78 is 0. The van der Waals surface area contributed by atoms with Crippen LogP contribution in [0.4, 0.5) is 5.69 Å².